The van der Waals surface area contributed by atoms with E-state index in [1.807, 2.05) is 0 Å². The van der Waals surface area contributed by atoms with Crippen molar-refractivity contribution in [1.29, 1.82) is 15.8 Å². The van der Waals surface area contributed by atoms with Gasteiger partial charge in [-0.15, -0.1) is 0 Å². The van der Waals surface area contributed by atoms with Gasteiger partial charge >= 0.3 is 6.09 Å². The lowest BCUT2D eigenvalue weighted by Gasteiger charge is -2.45. The van der Waals surface area contributed by atoms with Gasteiger partial charge in [-0.1, -0.05) is 12.1 Å². The summed E-state index contributed by atoms with van der Waals surface area (Å²) in [6, 6.07) is 11.4. The van der Waals surface area contributed by atoms with Gasteiger partial charge in [0.2, 0.25) is 6.79 Å². The minimum atomic E-state index is -1.81. The summed E-state index contributed by atoms with van der Waals surface area (Å²) < 4.78 is 16.4. The molecule has 2 heterocycles. The van der Waals surface area contributed by atoms with E-state index < -0.39 is 28.9 Å². The number of fused-ring (bicyclic) bond motifs is 2. The summed E-state index contributed by atoms with van der Waals surface area (Å²) in [4.78, 5) is 14.3. The van der Waals surface area contributed by atoms with Crippen LogP contribution < -0.4 is 15.2 Å². The first-order valence-electron chi connectivity index (χ1n) is 10.5. The molecule has 2 N–H and O–H groups in total. The highest BCUT2D eigenvalue weighted by Crippen LogP contribution is 2.55. The van der Waals surface area contributed by atoms with Crippen molar-refractivity contribution in [2.75, 3.05) is 19.9 Å². The lowest BCUT2D eigenvalue weighted by molar-refractivity contribution is 0.0224. The summed E-state index contributed by atoms with van der Waals surface area (Å²) in [7, 11) is 0. The third kappa shape index (κ3) is 3.50. The minimum absolute atomic E-state index is 0.0761. The van der Waals surface area contributed by atoms with Gasteiger partial charge in [0.05, 0.1) is 23.4 Å². The molecule has 0 fully saturated rings. The first-order chi connectivity index (χ1) is 15.6. The lowest BCUT2D eigenvalue weighted by atomic mass is 9.58. The Morgan fingerprint density at radius 1 is 1.21 bits per heavy atom. The Bertz CT molecular complexity index is 1190. The average Bonchev–Trinajstić information content (AvgIpc) is 3.25. The Balaban J connectivity index is 1.87. The van der Waals surface area contributed by atoms with Crippen molar-refractivity contribution < 1.29 is 19.0 Å². The zero-order valence-electron chi connectivity index (χ0n) is 18.6. The van der Waals surface area contributed by atoms with Gasteiger partial charge in [0.25, 0.3) is 0 Å². The maximum absolute atomic E-state index is 12.8. The van der Waals surface area contributed by atoms with Crippen LogP contribution in [0.25, 0.3) is 0 Å². The highest BCUT2D eigenvalue weighted by molar-refractivity contribution is 5.70. The lowest BCUT2D eigenvalue weighted by Crippen LogP contribution is -2.50. The van der Waals surface area contributed by atoms with Crippen LogP contribution in [0.3, 0.4) is 0 Å². The van der Waals surface area contributed by atoms with Gasteiger partial charge in [0.1, 0.15) is 11.7 Å². The van der Waals surface area contributed by atoms with Gasteiger partial charge in [0.15, 0.2) is 16.9 Å². The first kappa shape index (κ1) is 22.0. The molecule has 1 amide bonds. The quantitative estimate of drug-likeness (QED) is 0.694. The summed E-state index contributed by atoms with van der Waals surface area (Å²) in [5.74, 6) is -0.232. The summed E-state index contributed by atoms with van der Waals surface area (Å²) >= 11 is 0. The topological polar surface area (TPSA) is 145 Å². The molecule has 0 saturated carbocycles. The van der Waals surface area contributed by atoms with Crippen LogP contribution in [0.4, 0.5) is 4.79 Å². The Morgan fingerprint density at radius 2 is 1.91 bits per heavy atom. The summed E-state index contributed by atoms with van der Waals surface area (Å²) in [5.41, 5.74) is 5.12. The summed E-state index contributed by atoms with van der Waals surface area (Å²) in [6.07, 6.45) is 1.24. The van der Waals surface area contributed by atoms with Crippen LogP contribution in [0.5, 0.6) is 11.5 Å². The Kier molecular flexibility index (Phi) is 5.18. The molecule has 168 valence electrons. The highest BCUT2D eigenvalue weighted by atomic mass is 16.7. The molecule has 2 aliphatic heterocycles. The van der Waals surface area contributed by atoms with Crippen LogP contribution in [-0.2, 0) is 4.74 Å². The molecule has 33 heavy (non-hydrogen) atoms. The monoisotopic (exact) mass is 445 g/mol. The van der Waals surface area contributed by atoms with Crippen molar-refractivity contribution in [1.82, 2.24) is 4.90 Å². The Labute approximate surface area is 191 Å². The first-order valence-corrected chi connectivity index (χ1v) is 10.5. The number of ether oxygens (including phenoxy) is 3. The SMILES string of the molecule is CC(C)(C)OC(=O)N1CC=C2C(C#N)=C(N)C(C#N)(C#N)[C@@H](c3ccc4c(c3)OCO4)[C@@H]2C1. The highest BCUT2D eigenvalue weighted by Gasteiger charge is 2.55. The molecule has 1 aliphatic carbocycles. The maximum Gasteiger partial charge on any atom is 0.410 e. The van der Waals surface area contributed by atoms with Crippen LogP contribution in [0.1, 0.15) is 32.3 Å². The predicted molar refractivity (Wildman–Crippen MR) is 115 cm³/mol. The van der Waals surface area contributed by atoms with Crippen LogP contribution in [0.15, 0.2) is 41.1 Å². The molecule has 4 rings (SSSR count). The van der Waals surface area contributed by atoms with Crippen molar-refractivity contribution in [3.8, 4) is 29.7 Å². The van der Waals surface area contributed by atoms with E-state index in [4.69, 9.17) is 19.9 Å². The molecule has 3 aliphatic rings. The molecule has 0 unspecified atom stereocenters. The molecule has 0 spiro atoms. The molecule has 0 aromatic heterocycles. The number of hydrogen-bond donors (Lipinski definition) is 1. The van der Waals surface area contributed by atoms with E-state index in [-0.39, 0.29) is 31.2 Å². The van der Waals surface area contributed by atoms with Gasteiger partial charge in [0, 0.05) is 24.9 Å². The van der Waals surface area contributed by atoms with Crippen LogP contribution in [0.2, 0.25) is 0 Å². The maximum atomic E-state index is 12.8. The molecule has 0 saturated heterocycles. The van der Waals surface area contributed by atoms with E-state index in [0.717, 1.165) is 0 Å². The van der Waals surface area contributed by atoms with Gasteiger partial charge in [-0.3, -0.25) is 0 Å². The number of rotatable bonds is 1. The van der Waals surface area contributed by atoms with Crippen LogP contribution in [-0.4, -0.2) is 36.5 Å². The van der Waals surface area contributed by atoms with E-state index in [0.29, 0.717) is 22.6 Å². The molecule has 0 radical (unpaired) electrons. The van der Waals surface area contributed by atoms with Gasteiger partial charge in [-0.25, -0.2) is 4.79 Å². The number of carbonyl (C=O) groups is 1. The number of allylic oxidation sites excluding steroid dienone is 2. The molecule has 9 nitrogen and oxygen atoms in total. The molecular formula is C24H23N5O4. The number of amides is 1. The van der Waals surface area contributed by atoms with Crippen molar-refractivity contribution >= 4 is 6.09 Å². The second-order valence-electron chi connectivity index (χ2n) is 9.17. The average molecular weight is 445 g/mol. The predicted octanol–water partition coefficient (Wildman–Crippen LogP) is 3.08. The van der Waals surface area contributed by atoms with E-state index >= 15 is 0 Å². The number of nitrogens with zero attached hydrogens (tertiary/aromatic N) is 4. The second-order valence-corrected chi connectivity index (χ2v) is 9.17. The molecule has 0 bridgehead atoms. The van der Waals surface area contributed by atoms with Crippen molar-refractivity contribution in [3.63, 3.8) is 0 Å². The number of hydrogen-bond acceptors (Lipinski definition) is 8. The van der Waals surface area contributed by atoms with E-state index in [1.54, 1.807) is 45.0 Å². The fourth-order valence-electron chi connectivity index (χ4n) is 4.64. The number of benzene rings is 1. The van der Waals surface area contributed by atoms with Gasteiger partial charge in [-0.2, -0.15) is 15.8 Å². The van der Waals surface area contributed by atoms with E-state index in [9.17, 15) is 20.6 Å². The molecule has 1 aromatic rings. The van der Waals surface area contributed by atoms with Gasteiger partial charge in [-0.05, 0) is 44.0 Å². The largest absolute Gasteiger partial charge is 0.454 e. The molecule has 1 aromatic carbocycles. The molecule has 2 atom stereocenters. The summed E-state index contributed by atoms with van der Waals surface area (Å²) in [6.45, 7) is 5.79. The number of carbonyl (C=O) groups excluding carboxylic acids is 1. The number of nitriles is 3. The van der Waals surface area contributed by atoms with E-state index in [2.05, 4.69) is 18.2 Å². The smallest absolute Gasteiger partial charge is 0.410 e. The van der Waals surface area contributed by atoms with E-state index in [1.165, 1.54) is 4.90 Å². The van der Waals surface area contributed by atoms with Crippen molar-refractivity contribution in [2.45, 2.75) is 32.3 Å². The fraction of sp³-hybridized carbons (Fsp3) is 0.417. The normalized spacial score (nSPS) is 22.9. The zero-order chi connectivity index (χ0) is 24.0. The van der Waals surface area contributed by atoms with Crippen molar-refractivity contribution in [3.05, 3.63) is 46.7 Å². The van der Waals surface area contributed by atoms with Crippen LogP contribution >= 0.6 is 0 Å². The fourth-order valence-corrected chi connectivity index (χ4v) is 4.64. The Morgan fingerprint density at radius 3 is 2.55 bits per heavy atom. The van der Waals surface area contributed by atoms with Crippen molar-refractivity contribution in [2.24, 2.45) is 17.1 Å². The molecular weight excluding hydrogens is 422 g/mol. The Hall–Kier alpha value is -4.16. The van der Waals surface area contributed by atoms with Crippen LogP contribution in [0, 0.1) is 45.3 Å². The molecule has 9 heteroatoms. The second kappa shape index (κ2) is 7.76. The standard InChI is InChI=1S/C24H23N5O4/c1-23(2,3)33-22(30)29-7-6-15-16(9-25)21(28)24(11-26,12-27)20(17(15)10-29)14-4-5-18-19(8-14)32-13-31-18/h4-6,8,17,20H,7,10,13,28H2,1-3H3/t17-,20+/m1/s1. The number of nitrogens with two attached hydrogens (primary N) is 1. The zero-order valence-corrected chi connectivity index (χ0v) is 18.6. The summed E-state index contributed by atoms with van der Waals surface area (Å²) in [5, 5.41) is 30.2. The van der Waals surface area contributed by atoms with Gasteiger partial charge < -0.3 is 24.8 Å². The minimum Gasteiger partial charge on any atom is -0.454 e. The third-order valence-electron chi connectivity index (χ3n) is 6.07. The third-order valence-corrected chi connectivity index (χ3v) is 6.07.